The van der Waals surface area contributed by atoms with E-state index < -0.39 is 0 Å². The van der Waals surface area contributed by atoms with Crippen LogP contribution in [0.25, 0.3) is 0 Å². The maximum absolute atomic E-state index is 12.9. The molecule has 0 saturated heterocycles. The summed E-state index contributed by atoms with van der Waals surface area (Å²) in [7, 11) is 1.66. The third-order valence-electron chi connectivity index (χ3n) is 3.42. The first-order chi connectivity index (χ1) is 12.1. The fourth-order valence-electron chi connectivity index (χ4n) is 2.11. The van der Waals surface area contributed by atoms with Gasteiger partial charge in [0.05, 0.1) is 10.6 Å². The standard InChI is InChI=1S/C18H20ClFN4O.HI/c1-21-18(24-12-13-6-8-14(20)9-7-13)23-11-10-22-17(25)15-4-2-3-5-16(15)19;/h2-9H,10-12H2,1H3,(H,22,25)(H2,21,23,24);1H. The first-order valence-corrected chi connectivity index (χ1v) is 8.19. The van der Waals surface area contributed by atoms with Crippen LogP contribution in [0, 0.1) is 5.82 Å². The number of carbonyl (C=O) groups is 1. The lowest BCUT2D eigenvalue weighted by atomic mass is 10.2. The van der Waals surface area contributed by atoms with Crippen molar-refractivity contribution >= 4 is 47.4 Å². The van der Waals surface area contributed by atoms with Crippen LogP contribution in [0.1, 0.15) is 15.9 Å². The molecular weight excluding hydrogens is 470 g/mol. The van der Waals surface area contributed by atoms with Crippen LogP contribution < -0.4 is 16.0 Å². The number of carbonyl (C=O) groups excluding carboxylic acids is 1. The van der Waals surface area contributed by atoms with E-state index in [1.807, 2.05) is 0 Å². The highest BCUT2D eigenvalue weighted by Crippen LogP contribution is 2.14. The van der Waals surface area contributed by atoms with Crippen molar-refractivity contribution in [3.63, 3.8) is 0 Å². The summed E-state index contributed by atoms with van der Waals surface area (Å²) >= 11 is 5.98. The van der Waals surface area contributed by atoms with Crippen molar-refractivity contribution in [3.05, 3.63) is 70.5 Å². The SMILES string of the molecule is CN=C(NCCNC(=O)c1ccccc1Cl)NCc1ccc(F)cc1.I. The summed E-state index contributed by atoms with van der Waals surface area (Å²) in [6.07, 6.45) is 0. The topological polar surface area (TPSA) is 65.5 Å². The predicted molar refractivity (Wildman–Crippen MR) is 114 cm³/mol. The Kier molecular flexibility index (Phi) is 9.97. The van der Waals surface area contributed by atoms with Crippen molar-refractivity contribution in [1.29, 1.82) is 0 Å². The molecular formula is C18H21ClFIN4O. The number of rotatable bonds is 6. The van der Waals surface area contributed by atoms with Gasteiger partial charge in [0.2, 0.25) is 0 Å². The van der Waals surface area contributed by atoms with E-state index in [1.54, 1.807) is 43.4 Å². The monoisotopic (exact) mass is 490 g/mol. The van der Waals surface area contributed by atoms with E-state index in [2.05, 4.69) is 20.9 Å². The number of nitrogens with zero attached hydrogens (tertiary/aromatic N) is 1. The summed E-state index contributed by atoms with van der Waals surface area (Å²) in [5.74, 6) is 0.110. The van der Waals surface area contributed by atoms with Gasteiger partial charge in [-0.15, -0.1) is 24.0 Å². The Bertz CT molecular complexity index is 740. The molecule has 0 aliphatic rings. The summed E-state index contributed by atoms with van der Waals surface area (Å²) in [4.78, 5) is 16.1. The fourth-order valence-corrected chi connectivity index (χ4v) is 2.33. The summed E-state index contributed by atoms with van der Waals surface area (Å²) in [6, 6.07) is 13.1. The molecule has 5 nitrogen and oxygen atoms in total. The largest absolute Gasteiger partial charge is 0.355 e. The van der Waals surface area contributed by atoms with Crippen LogP contribution in [0.15, 0.2) is 53.5 Å². The van der Waals surface area contributed by atoms with Crippen LogP contribution in [0.2, 0.25) is 5.02 Å². The van der Waals surface area contributed by atoms with Crippen molar-refractivity contribution in [2.45, 2.75) is 6.54 Å². The highest BCUT2D eigenvalue weighted by Gasteiger charge is 2.08. The van der Waals surface area contributed by atoms with Crippen molar-refractivity contribution < 1.29 is 9.18 Å². The number of aliphatic imine (C=N–C) groups is 1. The van der Waals surface area contributed by atoms with Crippen LogP contribution in [-0.4, -0.2) is 32.0 Å². The van der Waals surface area contributed by atoms with E-state index in [9.17, 15) is 9.18 Å². The number of guanidine groups is 1. The van der Waals surface area contributed by atoms with Gasteiger partial charge in [-0.3, -0.25) is 9.79 Å². The molecule has 140 valence electrons. The third-order valence-corrected chi connectivity index (χ3v) is 3.75. The van der Waals surface area contributed by atoms with Gasteiger partial charge in [0.15, 0.2) is 5.96 Å². The minimum Gasteiger partial charge on any atom is -0.355 e. The molecule has 0 aliphatic carbocycles. The van der Waals surface area contributed by atoms with Crippen molar-refractivity contribution in [2.75, 3.05) is 20.1 Å². The average Bonchev–Trinajstić information content (AvgIpc) is 2.62. The Morgan fingerprint density at radius 2 is 1.69 bits per heavy atom. The molecule has 0 fully saturated rings. The highest BCUT2D eigenvalue weighted by molar-refractivity contribution is 14.0. The van der Waals surface area contributed by atoms with Crippen molar-refractivity contribution in [3.8, 4) is 0 Å². The van der Waals surface area contributed by atoms with E-state index in [4.69, 9.17) is 11.6 Å². The second-order valence-electron chi connectivity index (χ2n) is 5.21. The molecule has 0 heterocycles. The first kappa shape index (κ1) is 22.2. The van der Waals surface area contributed by atoms with Gasteiger partial charge in [-0.2, -0.15) is 0 Å². The lowest BCUT2D eigenvalue weighted by Gasteiger charge is -2.12. The zero-order valence-electron chi connectivity index (χ0n) is 14.3. The maximum atomic E-state index is 12.9. The van der Waals surface area contributed by atoms with Gasteiger partial charge in [0.25, 0.3) is 5.91 Å². The fraction of sp³-hybridized carbons (Fsp3) is 0.222. The minimum absolute atomic E-state index is 0. The minimum atomic E-state index is -0.263. The molecule has 0 atom stereocenters. The van der Waals surface area contributed by atoms with Crippen LogP contribution in [0.5, 0.6) is 0 Å². The number of hydrogen-bond acceptors (Lipinski definition) is 2. The maximum Gasteiger partial charge on any atom is 0.252 e. The lowest BCUT2D eigenvalue weighted by Crippen LogP contribution is -2.41. The smallest absolute Gasteiger partial charge is 0.252 e. The molecule has 2 rings (SSSR count). The quantitative estimate of drug-likeness (QED) is 0.252. The number of benzene rings is 2. The van der Waals surface area contributed by atoms with Gasteiger partial charge in [-0.1, -0.05) is 35.9 Å². The molecule has 0 radical (unpaired) electrons. The molecule has 0 aromatic heterocycles. The molecule has 0 aliphatic heterocycles. The van der Waals surface area contributed by atoms with Crippen molar-refractivity contribution in [1.82, 2.24) is 16.0 Å². The molecule has 2 aromatic carbocycles. The third kappa shape index (κ3) is 7.17. The lowest BCUT2D eigenvalue weighted by molar-refractivity contribution is 0.0954. The average molecular weight is 491 g/mol. The summed E-state index contributed by atoms with van der Waals surface area (Å²) in [5.41, 5.74) is 1.39. The van der Waals surface area contributed by atoms with Gasteiger partial charge in [-0.05, 0) is 29.8 Å². The van der Waals surface area contributed by atoms with Crippen molar-refractivity contribution in [2.24, 2.45) is 4.99 Å². The molecule has 8 heteroatoms. The number of amides is 1. The zero-order valence-corrected chi connectivity index (χ0v) is 17.3. The molecule has 1 amide bonds. The second-order valence-corrected chi connectivity index (χ2v) is 5.62. The number of hydrogen-bond donors (Lipinski definition) is 3. The van der Waals surface area contributed by atoms with Gasteiger partial charge in [0, 0.05) is 26.7 Å². The Balaban J connectivity index is 0.00000338. The van der Waals surface area contributed by atoms with Crippen LogP contribution in [0.3, 0.4) is 0 Å². The molecule has 3 N–H and O–H groups in total. The number of halogens is 3. The van der Waals surface area contributed by atoms with Gasteiger partial charge < -0.3 is 16.0 Å². The Hall–Kier alpha value is -1.87. The molecule has 0 bridgehead atoms. The Morgan fingerprint density at radius 1 is 1.04 bits per heavy atom. The van der Waals surface area contributed by atoms with Crippen LogP contribution >= 0.6 is 35.6 Å². The Labute approximate surface area is 174 Å². The normalized spacial score (nSPS) is 10.7. The van der Waals surface area contributed by atoms with Gasteiger partial charge in [0.1, 0.15) is 5.82 Å². The summed E-state index contributed by atoms with van der Waals surface area (Å²) in [6.45, 7) is 1.44. The Morgan fingerprint density at radius 3 is 2.35 bits per heavy atom. The zero-order chi connectivity index (χ0) is 18.1. The predicted octanol–water partition coefficient (Wildman–Crippen LogP) is 3.19. The molecule has 2 aromatic rings. The first-order valence-electron chi connectivity index (χ1n) is 7.82. The molecule has 0 spiro atoms. The van der Waals surface area contributed by atoms with E-state index in [1.165, 1.54) is 12.1 Å². The van der Waals surface area contributed by atoms with Gasteiger partial charge >= 0.3 is 0 Å². The van der Waals surface area contributed by atoms with E-state index in [0.29, 0.717) is 36.2 Å². The van der Waals surface area contributed by atoms with E-state index in [0.717, 1.165) is 5.56 Å². The summed E-state index contributed by atoms with van der Waals surface area (Å²) in [5, 5.41) is 9.42. The molecule has 0 saturated carbocycles. The van der Waals surface area contributed by atoms with Crippen LogP contribution in [-0.2, 0) is 6.54 Å². The highest BCUT2D eigenvalue weighted by atomic mass is 127. The van der Waals surface area contributed by atoms with Crippen LogP contribution in [0.4, 0.5) is 4.39 Å². The van der Waals surface area contributed by atoms with E-state index in [-0.39, 0.29) is 35.7 Å². The van der Waals surface area contributed by atoms with Gasteiger partial charge in [-0.25, -0.2) is 4.39 Å². The summed E-state index contributed by atoms with van der Waals surface area (Å²) < 4.78 is 12.9. The molecule has 26 heavy (non-hydrogen) atoms. The number of nitrogens with one attached hydrogen (secondary N) is 3. The molecule has 0 unspecified atom stereocenters. The van der Waals surface area contributed by atoms with E-state index >= 15 is 0 Å². The second kappa shape index (κ2) is 11.7.